The average Bonchev–Trinajstić information content (AvgIpc) is 2.17. The highest BCUT2D eigenvalue weighted by Crippen LogP contribution is 2.24. The molecule has 1 heterocycles. The van der Waals surface area contributed by atoms with Crippen LogP contribution in [0.4, 0.5) is 5.69 Å². The molecule has 0 spiro atoms. The Bertz CT molecular complexity index is 401. The molecule has 1 aliphatic heterocycles. The first-order chi connectivity index (χ1) is 7.18. The monoisotopic (exact) mass is 223 g/mol. The van der Waals surface area contributed by atoms with Crippen molar-refractivity contribution < 1.29 is 9.59 Å². The molecular formula is C11H10ClNO2. The fourth-order valence-electron chi connectivity index (χ4n) is 1.66. The summed E-state index contributed by atoms with van der Waals surface area (Å²) >= 11 is 5.81. The van der Waals surface area contributed by atoms with Crippen molar-refractivity contribution in [2.45, 2.75) is 19.3 Å². The van der Waals surface area contributed by atoms with Crippen LogP contribution in [0, 0.1) is 0 Å². The molecule has 1 aliphatic rings. The van der Waals surface area contributed by atoms with Gasteiger partial charge in [-0.3, -0.25) is 14.5 Å². The molecule has 0 atom stereocenters. The van der Waals surface area contributed by atoms with E-state index in [0.29, 0.717) is 30.0 Å². The molecule has 2 rings (SSSR count). The minimum atomic E-state index is -0.145. The minimum Gasteiger partial charge on any atom is -0.274 e. The fourth-order valence-corrected chi connectivity index (χ4v) is 1.84. The molecule has 1 aromatic rings. The van der Waals surface area contributed by atoms with Gasteiger partial charge in [-0.05, 0) is 24.6 Å². The van der Waals surface area contributed by atoms with Crippen molar-refractivity contribution in [2.24, 2.45) is 0 Å². The van der Waals surface area contributed by atoms with Crippen LogP contribution < -0.4 is 4.90 Å². The third-order valence-electron chi connectivity index (χ3n) is 2.35. The van der Waals surface area contributed by atoms with Crippen molar-refractivity contribution >= 4 is 29.1 Å². The van der Waals surface area contributed by atoms with Crippen LogP contribution in [0.25, 0.3) is 0 Å². The highest BCUT2D eigenvalue weighted by atomic mass is 35.5. The number of piperidine rings is 1. The highest BCUT2D eigenvalue weighted by Gasteiger charge is 2.27. The Labute approximate surface area is 92.6 Å². The van der Waals surface area contributed by atoms with Gasteiger partial charge >= 0.3 is 0 Å². The summed E-state index contributed by atoms with van der Waals surface area (Å²) in [5.74, 6) is -0.290. The molecule has 0 unspecified atom stereocenters. The Morgan fingerprint density at radius 3 is 2.40 bits per heavy atom. The summed E-state index contributed by atoms with van der Waals surface area (Å²) in [6, 6.07) is 6.78. The van der Waals surface area contributed by atoms with Gasteiger partial charge < -0.3 is 0 Å². The molecule has 0 saturated carbocycles. The van der Waals surface area contributed by atoms with Gasteiger partial charge in [-0.1, -0.05) is 17.7 Å². The fraction of sp³-hybridized carbons (Fsp3) is 0.273. The van der Waals surface area contributed by atoms with Crippen LogP contribution in [-0.4, -0.2) is 11.8 Å². The lowest BCUT2D eigenvalue weighted by Crippen LogP contribution is -2.40. The number of amides is 2. The van der Waals surface area contributed by atoms with Gasteiger partial charge in [0.15, 0.2) is 0 Å². The first-order valence-corrected chi connectivity index (χ1v) is 5.17. The maximum Gasteiger partial charge on any atom is 0.233 e. The maximum atomic E-state index is 11.6. The van der Waals surface area contributed by atoms with Crippen LogP contribution >= 0.6 is 11.6 Å². The smallest absolute Gasteiger partial charge is 0.233 e. The van der Waals surface area contributed by atoms with Gasteiger partial charge in [-0.25, -0.2) is 0 Å². The number of nitrogens with zero attached hydrogens (tertiary/aromatic N) is 1. The second-order valence-electron chi connectivity index (χ2n) is 3.46. The number of carbonyl (C=O) groups excluding carboxylic acids is 2. The number of benzene rings is 1. The number of halogens is 1. The molecule has 3 nitrogen and oxygen atoms in total. The van der Waals surface area contributed by atoms with E-state index in [1.54, 1.807) is 24.3 Å². The zero-order valence-corrected chi connectivity index (χ0v) is 8.83. The van der Waals surface area contributed by atoms with E-state index in [0.717, 1.165) is 0 Å². The summed E-state index contributed by atoms with van der Waals surface area (Å²) < 4.78 is 0. The van der Waals surface area contributed by atoms with E-state index in [9.17, 15) is 9.59 Å². The third-order valence-corrected chi connectivity index (χ3v) is 2.58. The largest absolute Gasteiger partial charge is 0.274 e. The molecule has 0 aliphatic carbocycles. The molecule has 0 aromatic heterocycles. The van der Waals surface area contributed by atoms with Crippen molar-refractivity contribution in [3.05, 3.63) is 29.3 Å². The van der Waals surface area contributed by atoms with Crippen molar-refractivity contribution in [2.75, 3.05) is 4.90 Å². The Morgan fingerprint density at radius 2 is 1.80 bits per heavy atom. The number of hydrogen-bond acceptors (Lipinski definition) is 2. The first-order valence-electron chi connectivity index (χ1n) is 4.80. The molecule has 78 valence electrons. The predicted octanol–water partition coefficient (Wildman–Crippen LogP) is 2.38. The number of rotatable bonds is 1. The number of anilines is 1. The maximum absolute atomic E-state index is 11.6. The third kappa shape index (κ3) is 2.02. The minimum absolute atomic E-state index is 0.145. The van der Waals surface area contributed by atoms with Crippen LogP contribution in [0.3, 0.4) is 0 Å². The van der Waals surface area contributed by atoms with Crippen LogP contribution in [-0.2, 0) is 9.59 Å². The summed E-state index contributed by atoms with van der Waals surface area (Å²) in [6.45, 7) is 0. The Kier molecular flexibility index (Phi) is 2.73. The summed E-state index contributed by atoms with van der Waals surface area (Å²) in [5, 5.41) is 0.527. The molecule has 4 heteroatoms. The lowest BCUT2D eigenvalue weighted by atomic mass is 10.1. The predicted molar refractivity (Wildman–Crippen MR) is 57.8 cm³/mol. The lowest BCUT2D eigenvalue weighted by molar-refractivity contribution is -0.129. The molecule has 1 aromatic carbocycles. The summed E-state index contributed by atoms with van der Waals surface area (Å²) in [5.41, 5.74) is 0.567. The van der Waals surface area contributed by atoms with Crippen LogP contribution in [0.15, 0.2) is 24.3 Å². The molecule has 0 radical (unpaired) electrons. The van der Waals surface area contributed by atoms with Crippen molar-refractivity contribution in [3.63, 3.8) is 0 Å². The van der Waals surface area contributed by atoms with E-state index >= 15 is 0 Å². The quantitative estimate of drug-likeness (QED) is 0.686. The molecule has 0 bridgehead atoms. The molecule has 1 saturated heterocycles. The standard InChI is InChI=1S/C11H10ClNO2/c12-8-3-1-4-9(7-8)13-10(14)5-2-6-11(13)15/h1,3-4,7H,2,5-6H2. The van der Waals surface area contributed by atoms with Gasteiger partial charge in [-0.15, -0.1) is 0 Å². The first kappa shape index (κ1) is 10.2. The number of hydrogen-bond donors (Lipinski definition) is 0. The van der Waals surface area contributed by atoms with Crippen molar-refractivity contribution in [3.8, 4) is 0 Å². The Hall–Kier alpha value is -1.35. The number of carbonyl (C=O) groups is 2. The van der Waals surface area contributed by atoms with Gasteiger partial charge in [0.05, 0.1) is 5.69 Å². The van der Waals surface area contributed by atoms with E-state index in [-0.39, 0.29) is 11.8 Å². The van der Waals surface area contributed by atoms with Crippen molar-refractivity contribution in [1.82, 2.24) is 0 Å². The average molecular weight is 224 g/mol. The molecule has 1 fully saturated rings. The van der Waals surface area contributed by atoms with E-state index in [1.807, 2.05) is 0 Å². The second-order valence-corrected chi connectivity index (χ2v) is 3.89. The molecule has 0 N–H and O–H groups in total. The SMILES string of the molecule is O=C1CCCC(=O)N1c1cccc(Cl)c1. The summed E-state index contributed by atoms with van der Waals surface area (Å²) in [6.07, 6.45) is 1.51. The molecular weight excluding hydrogens is 214 g/mol. The zero-order chi connectivity index (χ0) is 10.8. The van der Waals surface area contributed by atoms with Gasteiger partial charge in [0, 0.05) is 17.9 Å². The van der Waals surface area contributed by atoms with Crippen LogP contribution in [0.5, 0.6) is 0 Å². The summed E-state index contributed by atoms with van der Waals surface area (Å²) in [4.78, 5) is 24.4. The number of imide groups is 1. The van der Waals surface area contributed by atoms with Crippen LogP contribution in [0.2, 0.25) is 5.02 Å². The Balaban J connectivity index is 2.35. The summed E-state index contributed by atoms with van der Waals surface area (Å²) in [7, 11) is 0. The van der Waals surface area contributed by atoms with E-state index in [2.05, 4.69) is 0 Å². The Morgan fingerprint density at radius 1 is 1.13 bits per heavy atom. The van der Waals surface area contributed by atoms with Crippen molar-refractivity contribution in [1.29, 1.82) is 0 Å². The van der Waals surface area contributed by atoms with Crippen LogP contribution in [0.1, 0.15) is 19.3 Å². The molecule has 2 amide bonds. The van der Waals surface area contributed by atoms with Gasteiger partial charge in [0.25, 0.3) is 0 Å². The normalized spacial score (nSPS) is 17.0. The second kappa shape index (κ2) is 4.03. The van der Waals surface area contributed by atoms with E-state index in [1.165, 1.54) is 4.90 Å². The lowest BCUT2D eigenvalue weighted by Gasteiger charge is -2.24. The van der Waals surface area contributed by atoms with Gasteiger partial charge in [-0.2, -0.15) is 0 Å². The van der Waals surface area contributed by atoms with Gasteiger partial charge in [0.1, 0.15) is 0 Å². The topological polar surface area (TPSA) is 37.4 Å². The van der Waals surface area contributed by atoms with E-state index < -0.39 is 0 Å². The van der Waals surface area contributed by atoms with Gasteiger partial charge in [0.2, 0.25) is 11.8 Å². The zero-order valence-electron chi connectivity index (χ0n) is 8.07. The highest BCUT2D eigenvalue weighted by molar-refractivity contribution is 6.31. The molecule has 15 heavy (non-hydrogen) atoms. The van der Waals surface area contributed by atoms with E-state index in [4.69, 9.17) is 11.6 Å².